The summed E-state index contributed by atoms with van der Waals surface area (Å²) in [6.07, 6.45) is 0. The van der Waals surface area contributed by atoms with E-state index in [1.807, 2.05) is 13.8 Å². The Balaban J connectivity index is 1.81. The Morgan fingerprint density at radius 2 is 1.74 bits per heavy atom. The number of nitro groups is 1. The molecule has 2 amide bonds. The maximum absolute atomic E-state index is 12.3. The van der Waals surface area contributed by atoms with Crippen LogP contribution in [0.2, 0.25) is 0 Å². The van der Waals surface area contributed by atoms with Gasteiger partial charge in [-0.05, 0) is 38.1 Å². The van der Waals surface area contributed by atoms with Gasteiger partial charge in [0.25, 0.3) is 5.69 Å². The lowest BCUT2D eigenvalue weighted by Gasteiger charge is -2.11. The van der Waals surface area contributed by atoms with Crippen LogP contribution in [0.15, 0.2) is 36.4 Å². The van der Waals surface area contributed by atoms with Gasteiger partial charge in [0.2, 0.25) is 0 Å². The molecular formula is C18H17N5O4. The molecule has 0 saturated heterocycles. The predicted octanol–water partition coefficient (Wildman–Crippen LogP) is 3.81. The van der Waals surface area contributed by atoms with Gasteiger partial charge in [0.1, 0.15) is 5.75 Å². The SMILES string of the molecule is COc1ccc([N+](=O)[O-])cc1NC(=O)Nc1ccc2nc(C)c(C)nc2c1. The Bertz CT molecular complexity index is 1050. The van der Waals surface area contributed by atoms with Crippen LogP contribution < -0.4 is 15.4 Å². The number of nitrogens with zero attached hydrogens (tertiary/aromatic N) is 3. The van der Waals surface area contributed by atoms with Crippen LogP contribution in [-0.4, -0.2) is 28.0 Å². The van der Waals surface area contributed by atoms with Crippen molar-refractivity contribution in [1.29, 1.82) is 0 Å². The molecule has 0 atom stereocenters. The van der Waals surface area contributed by atoms with Gasteiger partial charge in [-0.15, -0.1) is 0 Å². The normalized spacial score (nSPS) is 10.5. The number of methoxy groups -OCH3 is 1. The molecule has 0 bridgehead atoms. The molecule has 27 heavy (non-hydrogen) atoms. The number of fused-ring (bicyclic) bond motifs is 1. The highest BCUT2D eigenvalue weighted by Crippen LogP contribution is 2.29. The van der Waals surface area contributed by atoms with E-state index in [0.29, 0.717) is 17.0 Å². The van der Waals surface area contributed by atoms with Gasteiger partial charge in [-0.2, -0.15) is 0 Å². The molecule has 0 fully saturated rings. The Morgan fingerprint density at radius 1 is 1.04 bits per heavy atom. The first-order valence-electron chi connectivity index (χ1n) is 8.03. The summed E-state index contributed by atoms with van der Waals surface area (Å²) in [5, 5.41) is 16.2. The second-order valence-corrected chi connectivity index (χ2v) is 5.82. The van der Waals surface area contributed by atoms with E-state index in [9.17, 15) is 14.9 Å². The lowest BCUT2D eigenvalue weighted by molar-refractivity contribution is -0.384. The van der Waals surface area contributed by atoms with E-state index in [1.165, 1.54) is 25.3 Å². The highest BCUT2D eigenvalue weighted by Gasteiger charge is 2.14. The number of nitro benzene ring substituents is 1. The van der Waals surface area contributed by atoms with Gasteiger partial charge in [-0.3, -0.25) is 10.1 Å². The molecule has 9 heteroatoms. The molecule has 3 aromatic rings. The Hall–Kier alpha value is -3.75. The molecule has 1 heterocycles. The summed E-state index contributed by atoms with van der Waals surface area (Å²) < 4.78 is 5.13. The zero-order valence-corrected chi connectivity index (χ0v) is 14.9. The predicted molar refractivity (Wildman–Crippen MR) is 101 cm³/mol. The minimum absolute atomic E-state index is 0.155. The molecule has 0 unspecified atom stereocenters. The molecular weight excluding hydrogens is 350 g/mol. The average Bonchev–Trinajstić information content (AvgIpc) is 2.62. The third kappa shape index (κ3) is 3.92. The van der Waals surface area contributed by atoms with Crippen molar-refractivity contribution in [2.45, 2.75) is 13.8 Å². The summed E-state index contributed by atoms with van der Waals surface area (Å²) in [5.74, 6) is 0.311. The Labute approximate surface area is 154 Å². The molecule has 2 N–H and O–H groups in total. The van der Waals surface area contributed by atoms with E-state index >= 15 is 0 Å². The lowest BCUT2D eigenvalue weighted by atomic mass is 10.2. The number of ether oxygens (including phenoxy) is 1. The molecule has 138 valence electrons. The first-order chi connectivity index (χ1) is 12.9. The fourth-order valence-corrected chi connectivity index (χ4v) is 2.50. The van der Waals surface area contributed by atoms with E-state index in [0.717, 1.165) is 16.9 Å². The van der Waals surface area contributed by atoms with Crippen LogP contribution in [0.4, 0.5) is 21.9 Å². The van der Waals surface area contributed by atoms with Gasteiger partial charge in [0.05, 0.1) is 40.1 Å². The molecule has 0 spiro atoms. The van der Waals surface area contributed by atoms with Crippen LogP contribution in [0.5, 0.6) is 5.75 Å². The quantitative estimate of drug-likeness (QED) is 0.534. The van der Waals surface area contributed by atoms with E-state index in [1.54, 1.807) is 18.2 Å². The van der Waals surface area contributed by atoms with Crippen molar-refractivity contribution in [1.82, 2.24) is 9.97 Å². The topological polar surface area (TPSA) is 119 Å². The van der Waals surface area contributed by atoms with Gasteiger partial charge >= 0.3 is 6.03 Å². The third-order valence-electron chi connectivity index (χ3n) is 3.98. The van der Waals surface area contributed by atoms with Crippen LogP contribution in [0.1, 0.15) is 11.4 Å². The van der Waals surface area contributed by atoms with Crippen LogP contribution in [0, 0.1) is 24.0 Å². The Morgan fingerprint density at radius 3 is 2.41 bits per heavy atom. The minimum Gasteiger partial charge on any atom is -0.495 e. The second-order valence-electron chi connectivity index (χ2n) is 5.82. The van der Waals surface area contributed by atoms with Crippen molar-refractivity contribution in [3.8, 4) is 5.75 Å². The number of benzene rings is 2. The number of carbonyl (C=O) groups is 1. The van der Waals surface area contributed by atoms with Crippen LogP contribution in [0.25, 0.3) is 11.0 Å². The molecule has 3 rings (SSSR count). The number of hydrogen-bond donors (Lipinski definition) is 2. The van der Waals surface area contributed by atoms with Gasteiger partial charge in [0, 0.05) is 17.8 Å². The molecule has 0 aliphatic carbocycles. The van der Waals surface area contributed by atoms with Crippen LogP contribution in [-0.2, 0) is 0 Å². The molecule has 0 aliphatic rings. The van der Waals surface area contributed by atoms with E-state index in [4.69, 9.17) is 4.74 Å². The number of hydrogen-bond acceptors (Lipinski definition) is 6. The van der Waals surface area contributed by atoms with Crippen LogP contribution in [0.3, 0.4) is 0 Å². The number of carbonyl (C=O) groups excluding carboxylic acids is 1. The summed E-state index contributed by atoms with van der Waals surface area (Å²) in [7, 11) is 1.41. The molecule has 9 nitrogen and oxygen atoms in total. The first-order valence-corrected chi connectivity index (χ1v) is 8.03. The summed E-state index contributed by atoms with van der Waals surface area (Å²) in [5.41, 5.74) is 3.59. The number of rotatable bonds is 4. The average molecular weight is 367 g/mol. The molecule has 0 saturated carbocycles. The smallest absolute Gasteiger partial charge is 0.323 e. The third-order valence-corrected chi connectivity index (χ3v) is 3.98. The van der Waals surface area contributed by atoms with Crippen molar-refractivity contribution in [3.05, 3.63) is 57.9 Å². The highest BCUT2D eigenvalue weighted by molar-refractivity contribution is 6.01. The van der Waals surface area contributed by atoms with Gasteiger partial charge < -0.3 is 15.4 Å². The summed E-state index contributed by atoms with van der Waals surface area (Å²) in [6.45, 7) is 3.75. The summed E-state index contributed by atoms with van der Waals surface area (Å²) >= 11 is 0. The number of anilines is 2. The minimum atomic E-state index is -0.565. The number of urea groups is 1. The maximum atomic E-state index is 12.3. The number of aryl methyl sites for hydroxylation is 2. The standard InChI is InChI=1S/C18H17N5O4/c1-10-11(2)20-15-8-12(4-6-14(15)19-10)21-18(24)22-16-9-13(23(25)26)5-7-17(16)27-3/h4-9H,1-3H3,(H2,21,22,24). The fraction of sp³-hybridized carbons (Fsp3) is 0.167. The largest absolute Gasteiger partial charge is 0.495 e. The van der Waals surface area contributed by atoms with Crippen molar-refractivity contribution >= 4 is 34.1 Å². The molecule has 0 radical (unpaired) electrons. The first kappa shape index (κ1) is 18.1. The number of amides is 2. The number of non-ortho nitro benzene ring substituents is 1. The molecule has 1 aromatic heterocycles. The monoisotopic (exact) mass is 367 g/mol. The van der Waals surface area contributed by atoms with E-state index in [-0.39, 0.29) is 11.4 Å². The maximum Gasteiger partial charge on any atom is 0.323 e. The summed E-state index contributed by atoms with van der Waals surface area (Å²) in [6, 6.07) is 8.56. The molecule has 0 aliphatic heterocycles. The van der Waals surface area contributed by atoms with Crippen molar-refractivity contribution < 1.29 is 14.5 Å². The van der Waals surface area contributed by atoms with Crippen molar-refractivity contribution in [2.75, 3.05) is 17.7 Å². The Kier molecular flexibility index (Phi) is 4.84. The number of aromatic nitrogens is 2. The van der Waals surface area contributed by atoms with Gasteiger partial charge in [-0.25, -0.2) is 14.8 Å². The van der Waals surface area contributed by atoms with Gasteiger partial charge in [-0.1, -0.05) is 0 Å². The zero-order chi connectivity index (χ0) is 19.6. The fourth-order valence-electron chi connectivity index (χ4n) is 2.50. The number of nitrogens with one attached hydrogen (secondary N) is 2. The highest BCUT2D eigenvalue weighted by atomic mass is 16.6. The lowest BCUT2D eigenvalue weighted by Crippen LogP contribution is -2.20. The van der Waals surface area contributed by atoms with Gasteiger partial charge in [0.15, 0.2) is 0 Å². The van der Waals surface area contributed by atoms with Crippen molar-refractivity contribution in [2.24, 2.45) is 0 Å². The zero-order valence-electron chi connectivity index (χ0n) is 14.9. The second kappa shape index (κ2) is 7.24. The van der Waals surface area contributed by atoms with Crippen molar-refractivity contribution in [3.63, 3.8) is 0 Å². The summed E-state index contributed by atoms with van der Waals surface area (Å²) in [4.78, 5) is 31.6. The van der Waals surface area contributed by atoms with Crippen LogP contribution >= 0.6 is 0 Å². The van der Waals surface area contributed by atoms with E-state index in [2.05, 4.69) is 20.6 Å². The molecule has 2 aromatic carbocycles. The van der Waals surface area contributed by atoms with E-state index < -0.39 is 11.0 Å².